The molecule has 3 aromatic rings. The van der Waals surface area contributed by atoms with Gasteiger partial charge >= 0.3 is 0 Å². The second-order valence-electron chi connectivity index (χ2n) is 7.59. The van der Waals surface area contributed by atoms with Gasteiger partial charge in [-0.05, 0) is 54.7 Å². The van der Waals surface area contributed by atoms with Crippen LogP contribution in [0.4, 0.5) is 11.5 Å². The average Bonchev–Trinajstić information content (AvgIpc) is 3.53. The Hall–Kier alpha value is -3.67. The Bertz CT molecular complexity index is 1060. The summed E-state index contributed by atoms with van der Waals surface area (Å²) in [5.74, 6) is 0.531. The van der Waals surface area contributed by atoms with Crippen LogP contribution in [0.15, 0.2) is 67.3 Å². The van der Waals surface area contributed by atoms with Gasteiger partial charge in [0.05, 0.1) is 5.92 Å². The molecule has 1 heterocycles. The van der Waals surface area contributed by atoms with E-state index in [9.17, 15) is 9.59 Å². The van der Waals surface area contributed by atoms with Crippen molar-refractivity contribution in [3.63, 3.8) is 0 Å². The SMILES string of the molecule is C=CC(=O)Nc1ccc(-c2ccc([C@@H](C)C(=O)Nc3cc(C4CC4)[nH]n3)cc2)cc1. The van der Waals surface area contributed by atoms with E-state index in [-0.39, 0.29) is 17.7 Å². The van der Waals surface area contributed by atoms with Crippen LogP contribution in [-0.2, 0) is 9.59 Å². The maximum Gasteiger partial charge on any atom is 0.247 e. The third kappa shape index (κ3) is 4.49. The predicted molar refractivity (Wildman–Crippen MR) is 118 cm³/mol. The molecule has 30 heavy (non-hydrogen) atoms. The molecule has 152 valence electrons. The molecule has 2 aromatic carbocycles. The summed E-state index contributed by atoms with van der Waals surface area (Å²) in [6.45, 7) is 5.33. The number of aromatic amines is 1. The summed E-state index contributed by atoms with van der Waals surface area (Å²) >= 11 is 0. The van der Waals surface area contributed by atoms with Crippen LogP contribution >= 0.6 is 0 Å². The van der Waals surface area contributed by atoms with E-state index in [2.05, 4.69) is 27.4 Å². The fraction of sp³-hybridized carbons (Fsp3) is 0.208. The highest BCUT2D eigenvalue weighted by molar-refractivity contribution is 5.99. The third-order valence-corrected chi connectivity index (χ3v) is 5.34. The Morgan fingerprint density at radius 2 is 1.70 bits per heavy atom. The van der Waals surface area contributed by atoms with Crippen LogP contribution in [0.2, 0.25) is 0 Å². The molecule has 0 spiro atoms. The quantitative estimate of drug-likeness (QED) is 0.497. The third-order valence-electron chi connectivity index (χ3n) is 5.34. The molecule has 1 atom stereocenters. The van der Waals surface area contributed by atoms with Crippen molar-refractivity contribution in [1.82, 2.24) is 10.2 Å². The van der Waals surface area contributed by atoms with Crippen molar-refractivity contribution in [2.75, 3.05) is 10.6 Å². The predicted octanol–water partition coefficient (Wildman–Crippen LogP) is 4.82. The summed E-state index contributed by atoms with van der Waals surface area (Å²) in [7, 11) is 0. The zero-order chi connectivity index (χ0) is 21.1. The number of nitrogens with one attached hydrogen (secondary N) is 3. The topological polar surface area (TPSA) is 86.9 Å². The molecule has 1 aliphatic rings. The summed E-state index contributed by atoms with van der Waals surface area (Å²) in [5.41, 5.74) is 4.81. The number of anilines is 2. The molecule has 4 rings (SSSR count). The van der Waals surface area contributed by atoms with E-state index in [0.717, 1.165) is 22.4 Å². The molecule has 0 radical (unpaired) electrons. The first kappa shape index (κ1) is 19.6. The van der Waals surface area contributed by atoms with Gasteiger partial charge in [0.15, 0.2) is 5.82 Å². The van der Waals surface area contributed by atoms with E-state index in [0.29, 0.717) is 17.4 Å². The minimum absolute atomic E-state index is 0.0843. The van der Waals surface area contributed by atoms with Crippen molar-refractivity contribution >= 4 is 23.3 Å². The molecule has 1 aliphatic carbocycles. The minimum atomic E-state index is -0.295. The standard InChI is InChI=1S/C24H24N4O2/c1-3-23(29)25-20-12-10-18(11-13-20)17-6-4-16(5-7-17)15(2)24(30)26-22-14-21(27-28-22)19-8-9-19/h3-7,10-15,19H,1,8-9H2,2H3,(H,25,29)(H2,26,27,28,30)/t15-/m1/s1. The normalized spacial score (nSPS) is 14.0. The lowest BCUT2D eigenvalue weighted by molar-refractivity contribution is -0.117. The van der Waals surface area contributed by atoms with Gasteiger partial charge in [-0.15, -0.1) is 0 Å². The second kappa shape index (κ2) is 8.37. The van der Waals surface area contributed by atoms with Gasteiger partial charge < -0.3 is 10.6 Å². The Kier molecular flexibility index (Phi) is 5.48. The van der Waals surface area contributed by atoms with Crippen molar-refractivity contribution in [2.45, 2.75) is 31.6 Å². The van der Waals surface area contributed by atoms with E-state index < -0.39 is 0 Å². The van der Waals surface area contributed by atoms with Crippen molar-refractivity contribution in [1.29, 1.82) is 0 Å². The number of nitrogens with zero attached hydrogens (tertiary/aromatic N) is 1. The first-order valence-electron chi connectivity index (χ1n) is 10.0. The smallest absolute Gasteiger partial charge is 0.247 e. The van der Waals surface area contributed by atoms with Crippen LogP contribution in [0.1, 0.15) is 42.9 Å². The van der Waals surface area contributed by atoms with Crippen LogP contribution in [0.3, 0.4) is 0 Å². The van der Waals surface area contributed by atoms with E-state index >= 15 is 0 Å². The summed E-state index contributed by atoms with van der Waals surface area (Å²) in [6, 6.07) is 17.4. The first-order chi connectivity index (χ1) is 14.5. The molecule has 0 saturated heterocycles. The second-order valence-corrected chi connectivity index (χ2v) is 7.59. The molecule has 0 aliphatic heterocycles. The van der Waals surface area contributed by atoms with Crippen molar-refractivity contribution in [3.05, 3.63) is 78.5 Å². The van der Waals surface area contributed by atoms with Crippen LogP contribution in [-0.4, -0.2) is 22.0 Å². The highest BCUT2D eigenvalue weighted by atomic mass is 16.2. The highest BCUT2D eigenvalue weighted by Crippen LogP contribution is 2.39. The van der Waals surface area contributed by atoms with Crippen LogP contribution in [0, 0.1) is 0 Å². The van der Waals surface area contributed by atoms with Crippen LogP contribution in [0.5, 0.6) is 0 Å². The number of rotatable bonds is 7. The molecule has 1 fully saturated rings. The van der Waals surface area contributed by atoms with Gasteiger partial charge in [-0.25, -0.2) is 0 Å². The highest BCUT2D eigenvalue weighted by Gasteiger charge is 2.26. The largest absolute Gasteiger partial charge is 0.323 e. The Balaban J connectivity index is 1.39. The van der Waals surface area contributed by atoms with E-state index in [4.69, 9.17) is 0 Å². The van der Waals surface area contributed by atoms with Gasteiger partial charge in [0, 0.05) is 23.4 Å². The van der Waals surface area contributed by atoms with Gasteiger partial charge in [-0.2, -0.15) is 5.10 Å². The molecule has 6 heteroatoms. The van der Waals surface area contributed by atoms with Crippen molar-refractivity contribution in [3.8, 4) is 11.1 Å². The molecule has 6 nitrogen and oxygen atoms in total. The zero-order valence-corrected chi connectivity index (χ0v) is 16.8. The lowest BCUT2D eigenvalue weighted by Crippen LogP contribution is -2.19. The van der Waals surface area contributed by atoms with E-state index in [1.54, 1.807) is 0 Å². The number of benzene rings is 2. The van der Waals surface area contributed by atoms with Gasteiger partial charge in [0.25, 0.3) is 0 Å². The fourth-order valence-corrected chi connectivity index (χ4v) is 3.29. The maximum absolute atomic E-state index is 12.6. The number of carbonyl (C=O) groups excluding carboxylic acids is 2. The molecule has 2 amide bonds. The van der Waals surface area contributed by atoms with Gasteiger partial charge in [-0.3, -0.25) is 14.7 Å². The molecular formula is C24H24N4O2. The summed E-state index contributed by atoms with van der Waals surface area (Å²) in [5, 5.41) is 12.8. The number of amides is 2. The maximum atomic E-state index is 12.6. The number of aromatic nitrogens is 2. The summed E-state index contributed by atoms with van der Waals surface area (Å²) in [4.78, 5) is 24.0. The van der Waals surface area contributed by atoms with Crippen LogP contribution < -0.4 is 10.6 Å². The van der Waals surface area contributed by atoms with Crippen molar-refractivity contribution < 1.29 is 9.59 Å². The molecule has 1 saturated carbocycles. The Morgan fingerprint density at radius 1 is 1.07 bits per heavy atom. The summed E-state index contributed by atoms with van der Waals surface area (Å²) in [6.07, 6.45) is 3.61. The molecule has 3 N–H and O–H groups in total. The molecule has 1 aromatic heterocycles. The number of carbonyl (C=O) groups is 2. The average molecular weight is 400 g/mol. The first-order valence-corrected chi connectivity index (χ1v) is 10.0. The van der Waals surface area contributed by atoms with Gasteiger partial charge in [0.1, 0.15) is 0 Å². The van der Waals surface area contributed by atoms with E-state index in [1.165, 1.54) is 18.9 Å². The number of H-pyrrole nitrogens is 1. The number of hydrogen-bond donors (Lipinski definition) is 3. The lowest BCUT2D eigenvalue weighted by atomic mass is 9.97. The molecular weight excluding hydrogens is 376 g/mol. The number of hydrogen-bond acceptors (Lipinski definition) is 3. The molecule has 0 bridgehead atoms. The molecule has 0 unspecified atom stereocenters. The van der Waals surface area contributed by atoms with Gasteiger partial charge in [-0.1, -0.05) is 43.0 Å². The van der Waals surface area contributed by atoms with E-state index in [1.807, 2.05) is 61.5 Å². The zero-order valence-electron chi connectivity index (χ0n) is 16.8. The lowest BCUT2D eigenvalue weighted by Gasteiger charge is -2.12. The fourth-order valence-electron chi connectivity index (χ4n) is 3.29. The van der Waals surface area contributed by atoms with Gasteiger partial charge in [0.2, 0.25) is 11.8 Å². The van der Waals surface area contributed by atoms with Crippen LogP contribution in [0.25, 0.3) is 11.1 Å². The minimum Gasteiger partial charge on any atom is -0.323 e. The monoisotopic (exact) mass is 400 g/mol. The Morgan fingerprint density at radius 3 is 2.30 bits per heavy atom. The van der Waals surface area contributed by atoms with Crippen molar-refractivity contribution in [2.24, 2.45) is 0 Å². The Labute approximate surface area is 175 Å². The summed E-state index contributed by atoms with van der Waals surface area (Å²) < 4.78 is 0.